The van der Waals surface area contributed by atoms with E-state index in [4.69, 9.17) is 0 Å². The Balaban J connectivity index is 1.81. The van der Waals surface area contributed by atoms with Gasteiger partial charge in [-0.15, -0.1) is 11.8 Å². The van der Waals surface area contributed by atoms with E-state index >= 15 is 0 Å². The van der Waals surface area contributed by atoms with Crippen LogP contribution in [-0.4, -0.2) is 28.3 Å². The van der Waals surface area contributed by atoms with E-state index < -0.39 is 11.5 Å². The normalized spacial score (nSPS) is 23.4. The Labute approximate surface area is 134 Å². The second kappa shape index (κ2) is 6.32. The van der Waals surface area contributed by atoms with Crippen LogP contribution in [0.25, 0.3) is 0 Å². The van der Waals surface area contributed by atoms with Gasteiger partial charge in [-0.2, -0.15) is 0 Å². The lowest BCUT2D eigenvalue weighted by Crippen LogP contribution is -2.56. The lowest BCUT2D eigenvalue weighted by Gasteiger charge is -2.36. The minimum atomic E-state index is -1.07. The number of aryl methyl sites for hydroxylation is 1. The summed E-state index contributed by atoms with van der Waals surface area (Å²) in [4.78, 5) is 24.5. The van der Waals surface area contributed by atoms with Crippen LogP contribution in [0, 0.1) is 0 Å². The van der Waals surface area contributed by atoms with Gasteiger partial charge in [-0.25, -0.2) is 4.79 Å². The molecule has 3 rings (SSSR count). The van der Waals surface area contributed by atoms with E-state index in [9.17, 15) is 14.7 Å². The molecule has 1 aromatic carbocycles. The Hall–Kier alpha value is -1.49. The van der Waals surface area contributed by atoms with Crippen LogP contribution in [0.2, 0.25) is 0 Å². The highest BCUT2D eigenvalue weighted by Gasteiger charge is 2.42. The fourth-order valence-corrected chi connectivity index (χ4v) is 4.65. The molecule has 0 aromatic heterocycles. The van der Waals surface area contributed by atoms with Crippen molar-refractivity contribution in [3.63, 3.8) is 0 Å². The first-order chi connectivity index (χ1) is 10.6. The first kappa shape index (κ1) is 15.4. The molecule has 22 heavy (non-hydrogen) atoms. The van der Waals surface area contributed by atoms with Crippen molar-refractivity contribution in [3.05, 3.63) is 35.4 Å². The van der Waals surface area contributed by atoms with Crippen molar-refractivity contribution in [3.8, 4) is 0 Å². The van der Waals surface area contributed by atoms with Crippen LogP contribution in [0.15, 0.2) is 24.3 Å². The van der Waals surface area contributed by atoms with Gasteiger partial charge in [0.15, 0.2) is 0 Å². The maximum Gasteiger partial charge on any atom is 0.329 e. The largest absolute Gasteiger partial charge is 0.480 e. The van der Waals surface area contributed by atoms with Crippen molar-refractivity contribution < 1.29 is 14.7 Å². The Morgan fingerprint density at radius 2 is 1.91 bits per heavy atom. The smallest absolute Gasteiger partial charge is 0.329 e. The predicted molar refractivity (Wildman–Crippen MR) is 86.9 cm³/mol. The predicted octanol–water partition coefficient (Wildman–Crippen LogP) is 2.92. The Morgan fingerprint density at radius 3 is 2.64 bits per heavy atom. The highest BCUT2D eigenvalue weighted by atomic mass is 32.2. The van der Waals surface area contributed by atoms with Crippen LogP contribution in [0.1, 0.15) is 48.5 Å². The summed E-state index contributed by atoms with van der Waals surface area (Å²) in [6, 6.07) is 7.98. The van der Waals surface area contributed by atoms with Gasteiger partial charge < -0.3 is 10.4 Å². The van der Waals surface area contributed by atoms with Crippen LogP contribution in [0.5, 0.6) is 0 Å². The van der Waals surface area contributed by atoms with Crippen molar-refractivity contribution in [1.82, 2.24) is 5.32 Å². The molecule has 4 nitrogen and oxygen atoms in total. The lowest BCUT2D eigenvalue weighted by atomic mass is 9.81. The van der Waals surface area contributed by atoms with Gasteiger partial charge >= 0.3 is 5.97 Å². The Bertz CT molecular complexity index is 581. The molecule has 1 saturated carbocycles. The number of thioether (sulfide) groups is 1. The zero-order chi connectivity index (χ0) is 15.6. The van der Waals surface area contributed by atoms with E-state index in [1.54, 1.807) is 11.8 Å². The Kier molecular flexibility index (Phi) is 4.43. The molecule has 0 radical (unpaired) electrons. The van der Waals surface area contributed by atoms with Crippen molar-refractivity contribution in [1.29, 1.82) is 0 Å². The highest BCUT2D eigenvalue weighted by molar-refractivity contribution is 8.00. The number of fused-ring (bicyclic) bond motifs is 1. The molecule has 1 heterocycles. The first-order valence-corrected chi connectivity index (χ1v) is 8.92. The maximum atomic E-state index is 12.7. The molecule has 1 amide bonds. The molecular weight excluding hydrogens is 298 g/mol. The van der Waals surface area contributed by atoms with Gasteiger partial charge in [0.05, 0.1) is 0 Å². The number of carboxylic acid groups (broad SMARTS) is 1. The van der Waals surface area contributed by atoms with Gasteiger partial charge in [0.1, 0.15) is 10.8 Å². The van der Waals surface area contributed by atoms with Crippen LogP contribution in [0.4, 0.5) is 0 Å². The van der Waals surface area contributed by atoms with E-state index in [0.29, 0.717) is 12.8 Å². The zero-order valence-electron chi connectivity index (χ0n) is 12.5. The van der Waals surface area contributed by atoms with E-state index in [-0.39, 0.29) is 11.2 Å². The van der Waals surface area contributed by atoms with Gasteiger partial charge in [0.2, 0.25) is 5.91 Å². The topological polar surface area (TPSA) is 66.4 Å². The number of carboxylic acids is 1. The molecule has 1 atom stereocenters. The summed E-state index contributed by atoms with van der Waals surface area (Å²) >= 11 is 1.61. The second-order valence-corrected chi connectivity index (χ2v) is 7.35. The molecule has 0 saturated heterocycles. The van der Waals surface area contributed by atoms with Gasteiger partial charge in [-0.3, -0.25) is 4.79 Å². The number of nitrogens with one attached hydrogen (secondary N) is 1. The highest BCUT2D eigenvalue weighted by Crippen LogP contribution is 2.38. The fourth-order valence-electron chi connectivity index (χ4n) is 3.46. The number of carbonyl (C=O) groups is 2. The average Bonchev–Trinajstić information content (AvgIpc) is 2.55. The number of hydrogen-bond donors (Lipinski definition) is 2. The van der Waals surface area contributed by atoms with Crippen molar-refractivity contribution in [2.24, 2.45) is 0 Å². The van der Waals surface area contributed by atoms with Crippen molar-refractivity contribution in [2.45, 2.75) is 49.3 Å². The SMILES string of the molecule is O=C(NC1(C(=O)O)CCCCC1)C1SCCc2ccccc21. The number of amides is 1. The number of carbonyl (C=O) groups excluding carboxylic acids is 1. The standard InChI is InChI=1S/C17H21NO3S/c19-15(18-17(16(20)21)9-4-1-5-10-17)14-13-7-3-2-6-12(13)8-11-22-14/h2-3,6-7,14H,1,4-5,8-11H2,(H,18,19)(H,20,21). The third-order valence-corrected chi connectivity index (χ3v) is 5.95. The third-order valence-electron chi connectivity index (χ3n) is 4.71. The molecule has 1 aliphatic heterocycles. The first-order valence-electron chi connectivity index (χ1n) is 7.87. The zero-order valence-corrected chi connectivity index (χ0v) is 13.3. The van der Waals surface area contributed by atoms with Crippen molar-refractivity contribution >= 4 is 23.6 Å². The summed E-state index contributed by atoms with van der Waals surface area (Å²) in [6.07, 6.45) is 4.81. The molecule has 1 unspecified atom stereocenters. The second-order valence-electron chi connectivity index (χ2n) is 6.14. The van der Waals surface area contributed by atoms with E-state index in [2.05, 4.69) is 11.4 Å². The molecule has 1 aromatic rings. The minimum Gasteiger partial charge on any atom is -0.480 e. The summed E-state index contributed by atoms with van der Waals surface area (Å²) in [5.74, 6) is -0.147. The van der Waals surface area contributed by atoms with Crippen LogP contribution >= 0.6 is 11.8 Å². The number of rotatable bonds is 3. The molecule has 5 heteroatoms. The molecule has 0 bridgehead atoms. The summed E-state index contributed by atoms with van der Waals surface area (Å²) < 4.78 is 0. The van der Waals surface area contributed by atoms with Gasteiger partial charge in [-0.1, -0.05) is 43.5 Å². The summed E-state index contributed by atoms with van der Waals surface area (Å²) in [5.41, 5.74) is 1.17. The molecule has 2 N–H and O–H groups in total. The molecule has 2 aliphatic rings. The van der Waals surface area contributed by atoms with E-state index in [0.717, 1.165) is 37.0 Å². The van der Waals surface area contributed by atoms with E-state index in [1.165, 1.54) is 5.56 Å². The number of aliphatic carboxylic acids is 1. The quantitative estimate of drug-likeness (QED) is 0.899. The molecule has 1 aliphatic carbocycles. The van der Waals surface area contributed by atoms with Crippen LogP contribution in [-0.2, 0) is 16.0 Å². The summed E-state index contributed by atoms with van der Waals surface area (Å²) in [6.45, 7) is 0. The summed E-state index contributed by atoms with van der Waals surface area (Å²) in [7, 11) is 0. The monoisotopic (exact) mass is 319 g/mol. The number of benzene rings is 1. The lowest BCUT2D eigenvalue weighted by molar-refractivity contribution is -0.149. The third kappa shape index (κ3) is 2.86. The van der Waals surface area contributed by atoms with Crippen LogP contribution < -0.4 is 5.32 Å². The minimum absolute atomic E-state index is 0.151. The fraction of sp³-hybridized carbons (Fsp3) is 0.529. The molecule has 1 fully saturated rings. The van der Waals surface area contributed by atoms with E-state index in [1.807, 2.05) is 18.2 Å². The van der Waals surface area contributed by atoms with Crippen LogP contribution in [0.3, 0.4) is 0 Å². The molecule has 0 spiro atoms. The van der Waals surface area contributed by atoms with Gasteiger partial charge in [0, 0.05) is 0 Å². The maximum absolute atomic E-state index is 12.7. The average molecular weight is 319 g/mol. The summed E-state index contributed by atoms with van der Waals surface area (Å²) in [5, 5.41) is 12.2. The van der Waals surface area contributed by atoms with Gasteiger partial charge in [0.25, 0.3) is 0 Å². The molecular formula is C17H21NO3S. The van der Waals surface area contributed by atoms with Gasteiger partial charge in [-0.05, 0) is 36.1 Å². The molecule has 118 valence electrons. The Morgan fingerprint density at radius 1 is 1.18 bits per heavy atom. The van der Waals surface area contributed by atoms with Crippen molar-refractivity contribution in [2.75, 3.05) is 5.75 Å². The number of hydrogen-bond acceptors (Lipinski definition) is 3.